The number of carbonyl (C=O) groups excluding carboxylic acids is 1. The maximum atomic E-state index is 13.7. The van der Waals surface area contributed by atoms with Gasteiger partial charge in [-0.1, -0.05) is 30.3 Å². The number of methoxy groups -OCH3 is 1. The van der Waals surface area contributed by atoms with Crippen LogP contribution in [0.2, 0.25) is 0 Å². The Morgan fingerprint density at radius 3 is 2.48 bits per heavy atom. The number of nitrogens with one attached hydrogen (secondary N) is 1. The maximum absolute atomic E-state index is 13.7. The summed E-state index contributed by atoms with van der Waals surface area (Å²) in [6, 6.07) is 14.6. The molecule has 0 radical (unpaired) electrons. The van der Waals surface area contributed by atoms with Gasteiger partial charge in [-0.05, 0) is 62.7 Å². The molecule has 0 aliphatic carbocycles. The zero-order chi connectivity index (χ0) is 19.2. The van der Waals surface area contributed by atoms with E-state index in [2.05, 4.69) is 22.3 Å². The highest BCUT2D eigenvalue weighted by atomic mass is 19.1. The van der Waals surface area contributed by atoms with Gasteiger partial charge in [-0.25, -0.2) is 4.39 Å². The van der Waals surface area contributed by atoms with Crippen LogP contribution in [0.5, 0.6) is 5.75 Å². The van der Waals surface area contributed by atoms with E-state index in [9.17, 15) is 9.18 Å². The van der Waals surface area contributed by atoms with Gasteiger partial charge in [0.1, 0.15) is 17.9 Å². The largest absolute Gasteiger partial charge is 0.496 e. The van der Waals surface area contributed by atoms with Gasteiger partial charge in [0.05, 0.1) is 19.2 Å². The lowest BCUT2D eigenvalue weighted by atomic mass is 9.86. The molecule has 2 aromatic rings. The van der Waals surface area contributed by atoms with Crippen molar-refractivity contribution in [2.75, 3.05) is 27.2 Å². The first-order valence-corrected chi connectivity index (χ1v) is 9.43. The van der Waals surface area contributed by atoms with E-state index in [4.69, 9.17) is 4.74 Å². The van der Waals surface area contributed by atoms with Crippen molar-refractivity contribution in [2.24, 2.45) is 0 Å². The van der Waals surface area contributed by atoms with Crippen LogP contribution in [0.4, 0.5) is 4.39 Å². The van der Waals surface area contributed by atoms with E-state index >= 15 is 0 Å². The van der Waals surface area contributed by atoms with E-state index in [1.807, 2.05) is 25.2 Å². The molecule has 3 rings (SSSR count). The fourth-order valence-corrected chi connectivity index (χ4v) is 4.11. The average molecular weight is 370 g/mol. The summed E-state index contributed by atoms with van der Waals surface area (Å²) in [5, 5.41) is 3.14. The first kappa shape index (κ1) is 19.5. The van der Waals surface area contributed by atoms with Crippen molar-refractivity contribution in [2.45, 2.75) is 30.8 Å². The Kier molecular flexibility index (Phi) is 6.58. The number of hydrogen-bond donors (Lipinski definition) is 1. The molecule has 1 heterocycles. The molecule has 0 saturated carbocycles. The lowest BCUT2D eigenvalue weighted by molar-refractivity contribution is -0.111. The SMILES string of the molecule is CN[C@@H](C=O)C(c1ccccc1)N1CCC(c2cc(F)ccc2OC)CC1. The van der Waals surface area contributed by atoms with Crippen LogP contribution in [0.1, 0.15) is 35.9 Å². The van der Waals surface area contributed by atoms with Crippen molar-refractivity contribution in [3.8, 4) is 5.75 Å². The number of aldehydes is 1. The molecule has 1 unspecified atom stereocenters. The lowest BCUT2D eigenvalue weighted by Gasteiger charge is -2.40. The summed E-state index contributed by atoms with van der Waals surface area (Å²) in [6.45, 7) is 1.69. The number of halogens is 1. The Balaban J connectivity index is 1.78. The fraction of sp³-hybridized carbons (Fsp3) is 0.409. The molecule has 144 valence electrons. The minimum Gasteiger partial charge on any atom is -0.496 e. The van der Waals surface area contributed by atoms with Gasteiger partial charge in [-0.15, -0.1) is 0 Å². The van der Waals surface area contributed by atoms with Gasteiger partial charge in [-0.3, -0.25) is 4.90 Å². The summed E-state index contributed by atoms with van der Waals surface area (Å²) in [7, 11) is 3.44. The molecular weight excluding hydrogens is 343 g/mol. The normalized spacial score (nSPS) is 18.0. The third-order valence-electron chi connectivity index (χ3n) is 5.52. The van der Waals surface area contributed by atoms with Crippen LogP contribution in [0.3, 0.4) is 0 Å². The zero-order valence-electron chi connectivity index (χ0n) is 15.9. The Morgan fingerprint density at radius 2 is 1.89 bits per heavy atom. The second-order valence-electron chi connectivity index (χ2n) is 7.00. The Morgan fingerprint density at radius 1 is 1.19 bits per heavy atom. The second-order valence-corrected chi connectivity index (χ2v) is 7.00. The molecule has 1 N–H and O–H groups in total. The van der Waals surface area contributed by atoms with E-state index in [-0.39, 0.29) is 23.8 Å². The quantitative estimate of drug-likeness (QED) is 0.757. The molecule has 1 aliphatic rings. The molecule has 1 saturated heterocycles. The van der Waals surface area contributed by atoms with Crippen LogP contribution in [0.15, 0.2) is 48.5 Å². The average Bonchev–Trinajstić information content (AvgIpc) is 2.72. The number of nitrogens with zero attached hydrogens (tertiary/aromatic N) is 1. The van der Waals surface area contributed by atoms with Crippen LogP contribution in [0.25, 0.3) is 0 Å². The van der Waals surface area contributed by atoms with E-state index in [0.717, 1.165) is 49.1 Å². The van der Waals surface area contributed by atoms with Crippen molar-refractivity contribution in [1.82, 2.24) is 10.2 Å². The Labute approximate surface area is 160 Å². The van der Waals surface area contributed by atoms with Crippen LogP contribution < -0.4 is 10.1 Å². The van der Waals surface area contributed by atoms with Crippen molar-refractivity contribution >= 4 is 6.29 Å². The lowest BCUT2D eigenvalue weighted by Crippen LogP contribution is -2.46. The molecule has 0 aromatic heterocycles. The monoisotopic (exact) mass is 370 g/mol. The number of likely N-dealkylation sites (N-methyl/N-ethyl adjacent to an activating group) is 1. The van der Waals surface area contributed by atoms with Gasteiger partial charge in [0.25, 0.3) is 0 Å². The first-order chi connectivity index (χ1) is 13.2. The van der Waals surface area contributed by atoms with Crippen LogP contribution in [0, 0.1) is 5.82 Å². The molecular formula is C22H27FN2O2. The van der Waals surface area contributed by atoms with E-state index in [0.29, 0.717) is 0 Å². The van der Waals surface area contributed by atoms with E-state index in [1.165, 1.54) is 6.07 Å². The number of piperidine rings is 1. The standard InChI is InChI=1S/C22H27FN2O2/c1-24-20(15-26)22(17-6-4-3-5-7-17)25-12-10-16(11-13-25)19-14-18(23)8-9-21(19)27-2/h3-9,14-16,20,22,24H,10-13H2,1-2H3/t20-,22?/m0/s1. The topological polar surface area (TPSA) is 41.6 Å². The molecule has 27 heavy (non-hydrogen) atoms. The summed E-state index contributed by atoms with van der Waals surface area (Å²) in [5.41, 5.74) is 2.07. The minimum absolute atomic E-state index is 0.0101. The highest BCUT2D eigenvalue weighted by Crippen LogP contribution is 2.37. The predicted molar refractivity (Wildman–Crippen MR) is 105 cm³/mol. The van der Waals surface area contributed by atoms with Crippen molar-refractivity contribution in [1.29, 1.82) is 0 Å². The highest BCUT2D eigenvalue weighted by molar-refractivity contribution is 5.60. The molecule has 0 spiro atoms. The molecule has 1 aliphatic heterocycles. The van der Waals surface area contributed by atoms with Crippen molar-refractivity contribution in [3.63, 3.8) is 0 Å². The number of carbonyl (C=O) groups is 1. The van der Waals surface area contributed by atoms with Gasteiger partial charge < -0.3 is 14.8 Å². The summed E-state index contributed by atoms with van der Waals surface area (Å²) in [5.74, 6) is 0.773. The predicted octanol–water partition coefficient (Wildman–Crippen LogP) is 3.54. The van der Waals surface area contributed by atoms with Gasteiger partial charge in [0.2, 0.25) is 0 Å². The van der Waals surface area contributed by atoms with Crippen LogP contribution in [-0.2, 0) is 4.79 Å². The summed E-state index contributed by atoms with van der Waals surface area (Å²) in [4.78, 5) is 14.0. The number of ether oxygens (including phenoxy) is 1. The highest BCUT2D eigenvalue weighted by Gasteiger charge is 2.32. The van der Waals surface area contributed by atoms with Crippen molar-refractivity contribution in [3.05, 3.63) is 65.5 Å². The van der Waals surface area contributed by atoms with E-state index < -0.39 is 0 Å². The van der Waals surface area contributed by atoms with Crippen LogP contribution in [-0.4, -0.2) is 44.5 Å². The molecule has 4 nitrogen and oxygen atoms in total. The second kappa shape index (κ2) is 9.11. The summed E-state index contributed by atoms with van der Waals surface area (Å²) in [6.07, 6.45) is 2.79. The van der Waals surface area contributed by atoms with Gasteiger partial charge in [0, 0.05) is 5.56 Å². The zero-order valence-corrected chi connectivity index (χ0v) is 15.9. The number of hydrogen-bond acceptors (Lipinski definition) is 4. The smallest absolute Gasteiger partial charge is 0.138 e. The van der Waals surface area contributed by atoms with Crippen LogP contribution >= 0.6 is 0 Å². The van der Waals surface area contributed by atoms with Gasteiger partial charge >= 0.3 is 0 Å². The molecule has 2 aromatic carbocycles. The number of benzene rings is 2. The molecule has 1 fully saturated rings. The van der Waals surface area contributed by atoms with Gasteiger partial charge in [0.15, 0.2) is 0 Å². The molecule has 0 bridgehead atoms. The molecule has 0 amide bonds. The fourth-order valence-electron chi connectivity index (χ4n) is 4.11. The summed E-state index contributed by atoms with van der Waals surface area (Å²) < 4.78 is 19.2. The Hall–Kier alpha value is -2.24. The molecule has 2 atom stereocenters. The third-order valence-corrected chi connectivity index (χ3v) is 5.52. The first-order valence-electron chi connectivity index (χ1n) is 9.43. The van der Waals surface area contributed by atoms with Gasteiger partial charge in [-0.2, -0.15) is 0 Å². The number of likely N-dealkylation sites (tertiary alicyclic amines) is 1. The van der Waals surface area contributed by atoms with Crippen molar-refractivity contribution < 1.29 is 13.9 Å². The Bertz CT molecular complexity index is 745. The van der Waals surface area contributed by atoms with E-state index in [1.54, 1.807) is 19.2 Å². The summed E-state index contributed by atoms with van der Waals surface area (Å²) >= 11 is 0. The number of rotatable bonds is 7. The third kappa shape index (κ3) is 4.37. The minimum atomic E-state index is -0.271. The molecule has 5 heteroatoms. The maximum Gasteiger partial charge on any atom is 0.138 e.